The number of hydrogen-bond donors (Lipinski definition) is 1. The molecule has 1 saturated heterocycles. The van der Waals surface area contributed by atoms with Crippen molar-refractivity contribution in [2.24, 2.45) is 18.0 Å². The van der Waals surface area contributed by atoms with E-state index in [-0.39, 0.29) is 0 Å². The summed E-state index contributed by atoms with van der Waals surface area (Å²) in [5, 5.41) is 3.37. The Bertz CT molecular complexity index is 931. The summed E-state index contributed by atoms with van der Waals surface area (Å²) in [5.74, 6) is 1.28. The number of rotatable bonds is 7. The van der Waals surface area contributed by atoms with Crippen LogP contribution < -0.4 is 5.32 Å². The number of hydrogen-bond acceptors (Lipinski definition) is 3. The van der Waals surface area contributed by atoms with Crippen molar-refractivity contribution < 1.29 is 8.42 Å². The second-order valence-corrected chi connectivity index (χ2v) is 9.76. The van der Waals surface area contributed by atoms with Crippen LogP contribution in [0.15, 0.2) is 58.5 Å². The van der Waals surface area contributed by atoms with Gasteiger partial charge in [0.05, 0.1) is 11.4 Å². The molecule has 164 valence electrons. The van der Waals surface area contributed by atoms with Crippen LogP contribution in [0.2, 0.25) is 0 Å². The molecule has 0 amide bonds. The number of benzene rings is 1. The standard InChI is InChI=1S/C22H33N5O2S/c1-4-23-22(26(3)18-20-9-8-14-25(20)2)24-17-19-12-15-27(16-13-19)30(28,29)21-10-6-5-7-11-21/h5-11,14,19H,4,12-13,15-18H2,1-3H3,(H,23,24). The summed E-state index contributed by atoms with van der Waals surface area (Å²) in [6.07, 6.45) is 3.71. The Balaban J connectivity index is 1.57. The van der Waals surface area contributed by atoms with Gasteiger partial charge in [-0.1, -0.05) is 18.2 Å². The highest BCUT2D eigenvalue weighted by Gasteiger charge is 2.29. The third-order valence-electron chi connectivity index (χ3n) is 5.60. The van der Waals surface area contributed by atoms with E-state index in [1.54, 1.807) is 28.6 Å². The van der Waals surface area contributed by atoms with Crippen LogP contribution in [0.25, 0.3) is 0 Å². The Morgan fingerprint density at radius 3 is 2.47 bits per heavy atom. The van der Waals surface area contributed by atoms with E-state index in [0.29, 0.717) is 30.4 Å². The fourth-order valence-corrected chi connectivity index (χ4v) is 5.23. The van der Waals surface area contributed by atoms with Gasteiger partial charge >= 0.3 is 0 Å². The quantitative estimate of drug-likeness (QED) is 0.540. The molecule has 3 rings (SSSR count). The SMILES string of the molecule is CCNC(=NCC1CCN(S(=O)(=O)c2ccccc2)CC1)N(C)Cc1cccn1C. The Morgan fingerprint density at radius 2 is 1.87 bits per heavy atom. The van der Waals surface area contributed by atoms with E-state index < -0.39 is 10.0 Å². The van der Waals surface area contributed by atoms with Crippen molar-refractivity contribution in [1.82, 2.24) is 19.1 Å². The lowest BCUT2D eigenvalue weighted by molar-refractivity contribution is 0.278. The fraction of sp³-hybridized carbons (Fsp3) is 0.500. The summed E-state index contributed by atoms with van der Waals surface area (Å²) in [6.45, 7) is 5.46. The zero-order chi connectivity index (χ0) is 21.6. The number of aromatic nitrogens is 1. The largest absolute Gasteiger partial charge is 0.357 e. The lowest BCUT2D eigenvalue weighted by atomic mass is 9.98. The van der Waals surface area contributed by atoms with Crippen molar-refractivity contribution in [3.05, 3.63) is 54.4 Å². The maximum absolute atomic E-state index is 12.8. The van der Waals surface area contributed by atoms with E-state index in [0.717, 1.165) is 31.9 Å². The molecule has 1 aliphatic rings. The molecule has 1 aromatic heterocycles. The van der Waals surface area contributed by atoms with Gasteiger partial charge in [0.2, 0.25) is 10.0 Å². The van der Waals surface area contributed by atoms with Crippen LogP contribution in [0.1, 0.15) is 25.5 Å². The molecule has 0 aliphatic carbocycles. The highest BCUT2D eigenvalue weighted by Crippen LogP contribution is 2.24. The molecule has 7 nitrogen and oxygen atoms in total. The number of nitrogens with zero attached hydrogens (tertiary/aromatic N) is 4. The average Bonchev–Trinajstić information content (AvgIpc) is 3.16. The summed E-state index contributed by atoms with van der Waals surface area (Å²) in [4.78, 5) is 7.35. The van der Waals surface area contributed by atoms with Crippen molar-refractivity contribution in [3.63, 3.8) is 0 Å². The molecule has 30 heavy (non-hydrogen) atoms. The van der Waals surface area contributed by atoms with Gasteiger partial charge in [0, 0.05) is 52.2 Å². The van der Waals surface area contributed by atoms with Crippen molar-refractivity contribution in [1.29, 1.82) is 0 Å². The van der Waals surface area contributed by atoms with Gasteiger partial charge in [-0.25, -0.2) is 8.42 Å². The highest BCUT2D eigenvalue weighted by molar-refractivity contribution is 7.89. The van der Waals surface area contributed by atoms with E-state index in [4.69, 9.17) is 4.99 Å². The minimum Gasteiger partial charge on any atom is -0.357 e. The molecule has 0 spiro atoms. The number of guanidine groups is 1. The lowest BCUT2D eigenvalue weighted by Gasteiger charge is -2.31. The first kappa shape index (κ1) is 22.4. The van der Waals surface area contributed by atoms with Crippen molar-refractivity contribution >= 4 is 16.0 Å². The third kappa shape index (κ3) is 5.43. The van der Waals surface area contributed by atoms with Gasteiger partial charge in [0.25, 0.3) is 0 Å². The summed E-state index contributed by atoms with van der Waals surface area (Å²) >= 11 is 0. The van der Waals surface area contributed by atoms with E-state index in [1.165, 1.54) is 5.69 Å². The zero-order valence-electron chi connectivity index (χ0n) is 18.2. The predicted molar refractivity (Wildman–Crippen MR) is 121 cm³/mol. The monoisotopic (exact) mass is 431 g/mol. The lowest BCUT2D eigenvalue weighted by Crippen LogP contribution is -2.41. The molecule has 2 heterocycles. The van der Waals surface area contributed by atoms with Crippen LogP contribution in [0.3, 0.4) is 0 Å². The molecule has 8 heteroatoms. The maximum atomic E-state index is 12.8. The Morgan fingerprint density at radius 1 is 1.17 bits per heavy atom. The minimum atomic E-state index is -3.40. The molecular weight excluding hydrogens is 398 g/mol. The molecule has 1 N–H and O–H groups in total. The second kappa shape index (κ2) is 10.1. The first-order valence-corrected chi connectivity index (χ1v) is 12.0. The second-order valence-electron chi connectivity index (χ2n) is 7.82. The average molecular weight is 432 g/mol. The van der Waals surface area contributed by atoms with Gasteiger partial charge in [-0.15, -0.1) is 0 Å². The summed E-state index contributed by atoms with van der Waals surface area (Å²) < 4.78 is 29.3. The van der Waals surface area contributed by atoms with Crippen LogP contribution in [0.5, 0.6) is 0 Å². The Kier molecular flexibility index (Phi) is 7.55. The van der Waals surface area contributed by atoms with Gasteiger partial charge in [0.15, 0.2) is 5.96 Å². The van der Waals surface area contributed by atoms with Crippen LogP contribution in [0, 0.1) is 5.92 Å². The Labute approximate surface area is 180 Å². The van der Waals surface area contributed by atoms with Gasteiger partial charge < -0.3 is 14.8 Å². The molecule has 0 atom stereocenters. The third-order valence-corrected chi connectivity index (χ3v) is 7.51. The van der Waals surface area contributed by atoms with E-state index in [2.05, 4.69) is 27.8 Å². The fourth-order valence-electron chi connectivity index (χ4n) is 3.74. The van der Waals surface area contributed by atoms with E-state index >= 15 is 0 Å². The van der Waals surface area contributed by atoms with E-state index in [1.807, 2.05) is 32.4 Å². The van der Waals surface area contributed by atoms with Gasteiger partial charge in [0.1, 0.15) is 0 Å². The normalized spacial score (nSPS) is 16.6. The number of piperidine rings is 1. The van der Waals surface area contributed by atoms with Crippen molar-refractivity contribution in [3.8, 4) is 0 Å². The van der Waals surface area contributed by atoms with Crippen molar-refractivity contribution in [2.45, 2.75) is 31.2 Å². The van der Waals surface area contributed by atoms with Gasteiger partial charge in [-0.3, -0.25) is 4.99 Å². The molecule has 0 unspecified atom stereocenters. The highest BCUT2D eigenvalue weighted by atomic mass is 32.2. The molecule has 0 radical (unpaired) electrons. The maximum Gasteiger partial charge on any atom is 0.243 e. The molecule has 2 aromatic rings. The molecule has 0 saturated carbocycles. The first-order valence-electron chi connectivity index (χ1n) is 10.6. The first-order chi connectivity index (χ1) is 14.4. The summed E-state index contributed by atoms with van der Waals surface area (Å²) in [7, 11) is 0.694. The molecule has 1 aliphatic heterocycles. The van der Waals surface area contributed by atoms with Crippen molar-refractivity contribution in [2.75, 3.05) is 33.2 Å². The Hall–Kier alpha value is -2.32. The minimum absolute atomic E-state index is 0.373. The number of sulfonamides is 1. The predicted octanol–water partition coefficient (Wildman–Crippen LogP) is 2.52. The molecule has 1 fully saturated rings. The number of nitrogens with one attached hydrogen (secondary N) is 1. The zero-order valence-corrected chi connectivity index (χ0v) is 19.0. The van der Waals surface area contributed by atoms with Crippen LogP contribution >= 0.6 is 0 Å². The van der Waals surface area contributed by atoms with Crippen LogP contribution in [0.4, 0.5) is 0 Å². The molecule has 1 aromatic carbocycles. The summed E-state index contributed by atoms with van der Waals surface area (Å²) in [6, 6.07) is 12.9. The smallest absolute Gasteiger partial charge is 0.243 e. The topological polar surface area (TPSA) is 69.9 Å². The van der Waals surface area contributed by atoms with Crippen LogP contribution in [-0.2, 0) is 23.6 Å². The number of aliphatic imine (C=N–C) groups is 1. The number of aryl methyl sites for hydroxylation is 1. The van der Waals surface area contributed by atoms with Crippen LogP contribution in [-0.4, -0.2) is 61.4 Å². The summed E-state index contributed by atoms with van der Waals surface area (Å²) in [5.41, 5.74) is 1.22. The van der Waals surface area contributed by atoms with Gasteiger partial charge in [-0.05, 0) is 49.9 Å². The van der Waals surface area contributed by atoms with Gasteiger partial charge in [-0.2, -0.15) is 4.31 Å². The van der Waals surface area contributed by atoms with E-state index in [9.17, 15) is 8.42 Å². The molecular formula is C22H33N5O2S. The molecule has 0 bridgehead atoms.